The molecule has 0 radical (unpaired) electrons. The van der Waals surface area contributed by atoms with E-state index < -0.39 is 6.09 Å². The molecule has 42 heavy (non-hydrogen) atoms. The van der Waals surface area contributed by atoms with Crippen LogP contribution in [0.3, 0.4) is 0 Å². The van der Waals surface area contributed by atoms with Gasteiger partial charge in [0.05, 0.1) is 23.5 Å². The van der Waals surface area contributed by atoms with Crippen LogP contribution in [0.5, 0.6) is 11.5 Å². The number of H-pyrrole nitrogens is 1. The van der Waals surface area contributed by atoms with E-state index >= 15 is 0 Å². The Morgan fingerprint density at radius 2 is 1.31 bits per heavy atom. The number of alkyl halides is 1. The number of benzene rings is 4. The zero-order chi connectivity index (χ0) is 29.3. The molecule has 1 amide bonds. The first kappa shape index (κ1) is 33.3. The molecule has 0 saturated heterocycles. The monoisotopic (exact) mass is 633 g/mol. The summed E-state index contributed by atoms with van der Waals surface area (Å²) in [4.78, 5) is 27.4. The van der Waals surface area contributed by atoms with Gasteiger partial charge < -0.3 is 30.8 Å². The zero-order valence-electron chi connectivity index (χ0n) is 22.7. The van der Waals surface area contributed by atoms with Crippen molar-refractivity contribution >= 4 is 27.8 Å². The minimum Gasteiger partial charge on any atom is -0.489 e. The number of hydrogen-bond donors (Lipinski definition) is 3. The molecule has 0 atom stereocenters. The van der Waals surface area contributed by atoms with Crippen LogP contribution in [-0.4, -0.2) is 37.8 Å². The first-order valence-electron chi connectivity index (χ1n) is 12.5. The van der Waals surface area contributed by atoms with Gasteiger partial charge in [0, 0.05) is 11.1 Å². The van der Waals surface area contributed by atoms with Crippen LogP contribution in [0.1, 0.15) is 21.5 Å². The van der Waals surface area contributed by atoms with Gasteiger partial charge in [-0.3, -0.25) is 4.79 Å². The Labute approximate surface area is 252 Å². The van der Waals surface area contributed by atoms with Crippen LogP contribution in [0.4, 0.5) is 4.79 Å². The molecule has 0 fully saturated rings. The highest BCUT2D eigenvalue weighted by atomic mass is 79.9. The number of ether oxygens (including phenoxy) is 2. The molecule has 0 aliphatic heterocycles. The fourth-order valence-electron chi connectivity index (χ4n) is 3.49. The topological polar surface area (TPSA) is 159 Å². The summed E-state index contributed by atoms with van der Waals surface area (Å²) in [7, 11) is 0. The van der Waals surface area contributed by atoms with E-state index in [4.69, 9.17) is 19.4 Å². The number of aromatic amines is 1. The molecule has 5 aromatic rings. The zero-order valence-corrected chi connectivity index (χ0v) is 24.2. The van der Waals surface area contributed by atoms with Gasteiger partial charge in [-0.15, -0.1) is 0 Å². The molecule has 0 aliphatic rings. The molecule has 0 bridgehead atoms. The van der Waals surface area contributed by atoms with Crippen LogP contribution in [0.2, 0.25) is 0 Å². The number of carboxylic acid groups (broad SMARTS) is 1. The number of carbonyl (C=O) groups is 2. The molecule has 0 saturated carbocycles. The van der Waals surface area contributed by atoms with E-state index in [0.717, 1.165) is 28.1 Å². The Morgan fingerprint density at radius 3 is 1.81 bits per heavy atom. The number of primary amides is 1. The van der Waals surface area contributed by atoms with Gasteiger partial charge in [-0.1, -0.05) is 101 Å². The lowest BCUT2D eigenvalue weighted by Crippen LogP contribution is -2.03. The molecule has 6 N–H and O–H groups in total. The van der Waals surface area contributed by atoms with Crippen LogP contribution in [-0.2, 0) is 13.2 Å². The standard InChI is InChI=1S/C16H14N2O.C15H13BrO2.CH3NO2.H2O/c1-2-5-13(6-3-1)11-19-15-8-4-7-14(9-15)16-10-17-12-18-16;16-10-15(17)13-7-4-8-14(9-13)18-11-12-5-2-1-3-6-12;2-1(3)4;/h1-10,12H,11H2,(H,17,18);1-9H,10-11H2;2H2,(H,3,4);1H2. The average molecular weight is 635 g/mol. The number of nitrogens with one attached hydrogen (secondary N) is 1. The van der Waals surface area contributed by atoms with Crippen molar-refractivity contribution < 1.29 is 29.6 Å². The third-order valence-corrected chi connectivity index (χ3v) is 5.93. The molecular formula is C32H32BrN3O6. The van der Waals surface area contributed by atoms with Crippen LogP contribution >= 0.6 is 15.9 Å². The molecule has 9 nitrogen and oxygen atoms in total. The molecule has 1 aromatic heterocycles. The summed E-state index contributed by atoms with van der Waals surface area (Å²) < 4.78 is 11.5. The Morgan fingerprint density at radius 1 is 0.786 bits per heavy atom. The second-order valence-corrected chi connectivity index (χ2v) is 9.03. The number of rotatable bonds is 9. The summed E-state index contributed by atoms with van der Waals surface area (Å²) in [6.45, 7) is 1.08. The lowest BCUT2D eigenvalue weighted by atomic mass is 10.1. The SMILES string of the molecule is NC(=O)O.O.O=C(CBr)c1cccc(OCc2ccccc2)c1.c1ccc(COc2cccc(-c3cnc[nH]3)c2)cc1. The van der Waals surface area contributed by atoms with Crippen molar-refractivity contribution in [3.05, 3.63) is 138 Å². The molecule has 1 heterocycles. The highest BCUT2D eigenvalue weighted by Gasteiger charge is 2.05. The summed E-state index contributed by atoms with van der Waals surface area (Å²) >= 11 is 3.16. The molecule has 0 aliphatic carbocycles. The lowest BCUT2D eigenvalue weighted by molar-refractivity contribution is 0.102. The number of hydrogen-bond acceptors (Lipinski definition) is 5. The number of carbonyl (C=O) groups excluding carboxylic acids is 1. The summed E-state index contributed by atoms with van der Waals surface area (Å²) in [6.07, 6.45) is 2.14. The molecule has 4 aromatic carbocycles. The number of amides is 1. The minimum atomic E-state index is -1.33. The number of imidazole rings is 1. The van der Waals surface area contributed by atoms with Crippen molar-refractivity contribution in [2.45, 2.75) is 13.2 Å². The van der Waals surface area contributed by atoms with Crippen molar-refractivity contribution in [1.29, 1.82) is 0 Å². The van der Waals surface area contributed by atoms with Gasteiger partial charge in [-0.05, 0) is 35.4 Å². The smallest absolute Gasteiger partial charge is 0.402 e. The molecule has 218 valence electrons. The number of halogens is 1. The Hall–Kier alpha value is -4.93. The van der Waals surface area contributed by atoms with Gasteiger partial charge in [-0.25, -0.2) is 9.78 Å². The second-order valence-electron chi connectivity index (χ2n) is 8.46. The number of Topliss-reactive ketones (excluding diaryl/α,β-unsaturated/α-hetero) is 1. The summed E-state index contributed by atoms with van der Waals surface area (Å²) in [6, 6.07) is 35.3. The van der Waals surface area contributed by atoms with Crippen LogP contribution in [0.25, 0.3) is 11.3 Å². The molecule has 0 spiro atoms. The van der Waals surface area contributed by atoms with Gasteiger partial charge in [0.25, 0.3) is 0 Å². The van der Waals surface area contributed by atoms with Gasteiger partial charge in [-0.2, -0.15) is 0 Å². The van der Waals surface area contributed by atoms with Crippen molar-refractivity contribution in [1.82, 2.24) is 9.97 Å². The Kier molecular flexibility index (Phi) is 14.6. The maximum absolute atomic E-state index is 11.5. The number of nitrogens with two attached hydrogens (primary N) is 1. The highest BCUT2D eigenvalue weighted by molar-refractivity contribution is 9.09. The average Bonchev–Trinajstić information content (AvgIpc) is 3.56. The van der Waals surface area contributed by atoms with Crippen LogP contribution < -0.4 is 15.2 Å². The fraction of sp³-hybridized carbons (Fsp3) is 0.0938. The summed E-state index contributed by atoms with van der Waals surface area (Å²) in [5.74, 6) is 1.63. The molecular weight excluding hydrogens is 602 g/mol. The predicted octanol–water partition coefficient (Wildman–Crippen LogP) is 6.30. The van der Waals surface area contributed by atoms with Gasteiger partial charge in [0.1, 0.15) is 24.7 Å². The number of aromatic nitrogens is 2. The van der Waals surface area contributed by atoms with Gasteiger partial charge in [0.2, 0.25) is 0 Å². The largest absolute Gasteiger partial charge is 0.489 e. The summed E-state index contributed by atoms with van der Waals surface area (Å²) in [5.41, 5.74) is 9.02. The van der Waals surface area contributed by atoms with Crippen molar-refractivity contribution in [3.63, 3.8) is 0 Å². The quantitative estimate of drug-likeness (QED) is 0.128. The fourth-order valence-corrected chi connectivity index (χ4v) is 3.81. The van der Waals surface area contributed by atoms with E-state index in [1.165, 1.54) is 0 Å². The van der Waals surface area contributed by atoms with E-state index in [-0.39, 0.29) is 11.3 Å². The van der Waals surface area contributed by atoms with E-state index in [1.807, 2.05) is 84.9 Å². The Balaban J connectivity index is 0.000000256. The lowest BCUT2D eigenvalue weighted by Gasteiger charge is -2.07. The highest BCUT2D eigenvalue weighted by Crippen LogP contribution is 2.22. The minimum absolute atomic E-state index is 0. The van der Waals surface area contributed by atoms with E-state index in [1.54, 1.807) is 24.7 Å². The second kappa shape index (κ2) is 18.4. The van der Waals surface area contributed by atoms with Crippen molar-refractivity contribution in [2.75, 3.05) is 5.33 Å². The van der Waals surface area contributed by atoms with Crippen molar-refractivity contribution in [2.24, 2.45) is 5.73 Å². The maximum Gasteiger partial charge on any atom is 0.402 e. The molecule has 5 rings (SSSR count). The van der Waals surface area contributed by atoms with Gasteiger partial charge >= 0.3 is 6.09 Å². The summed E-state index contributed by atoms with van der Waals surface area (Å²) in [5, 5.41) is 7.52. The third-order valence-electron chi connectivity index (χ3n) is 5.42. The maximum atomic E-state index is 11.5. The predicted molar refractivity (Wildman–Crippen MR) is 166 cm³/mol. The number of ketones is 1. The van der Waals surface area contributed by atoms with E-state index in [2.05, 4.69) is 43.8 Å². The van der Waals surface area contributed by atoms with E-state index in [0.29, 0.717) is 29.9 Å². The first-order chi connectivity index (χ1) is 19.9. The molecule has 0 unspecified atom stereocenters. The van der Waals surface area contributed by atoms with Gasteiger partial charge in [0.15, 0.2) is 5.78 Å². The Bertz CT molecular complexity index is 1480. The first-order valence-corrected chi connectivity index (χ1v) is 13.7. The third kappa shape index (κ3) is 12.1. The van der Waals surface area contributed by atoms with Crippen LogP contribution in [0, 0.1) is 0 Å². The number of nitrogens with zero attached hydrogens (tertiary/aromatic N) is 1. The molecule has 10 heteroatoms. The van der Waals surface area contributed by atoms with Crippen molar-refractivity contribution in [3.8, 4) is 22.8 Å². The van der Waals surface area contributed by atoms with Crippen LogP contribution in [0.15, 0.2) is 122 Å². The normalized spacial score (nSPS) is 9.55. The van der Waals surface area contributed by atoms with E-state index in [9.17, 15) is 4.79 Å².